The second kappa shape index (κ2) is 5.30. The number of nitro benzene ring substituents is 1. The molecule has 5 nitrogen and oxygen atoms in total. The number of benzene rings is 2. The molecule has 0 heterocycles. The van der Waals surface area contributed by atoms with E-state index in [1.54, 1.807) is 0 Å². The number of aliphatic imine (C=N–C) groups is 1. The average Bonchev–Trinajstić information content (AvgIpc) is 2.39. The molecular weight excluding hydrogens is 244 g/mol. The van der Waals surface area contributed by atoms with Crippen molar-refractivity contribution < 1.29 is 10.0 Å². The first-order valence-corrected chi connectivity index (χ1v) is 5.63. The van der Waals surface area contributed by atoms with Crippen molar-refractivity contribution >= 4 is 17.6 Å². The van der Waals surface area contributed by atoms with E-state index in [0.717, 1.165) is 11.3 Å². The Kier molecular flexibility index (Phi) is 3.56. The molecule has 0 aliphatic carbocycles. The van der Waals surface area contributed by atoms with Crippen LogP contribution in [0.25, 0.3) is 0 Å². The molecule has 0 amide bonds. The Balaban J connectivity index is 2.35. The summed E-state index contributed by atoms with van der Waals surface area (Å²) in [5, 5.41) is 22.2. The van der Waals surface area contributed by atoms with Gasteiger partial charge in [-0.3, -0.25) is 20.2 Å². The average molecular weight is 255 g/mol. The van der Waals surface area contributed by atoms with Crippen LogP contribution in [-0.2, 0) is 5.11 Å². The number of hydrogen-bond donors (Lipinski definition) is 0. The van der Waals surface area contributed by atoms with E-state index >= 15 is 0 Å². The second-order valence-electron chi connectivity index (χ2n) is 4.02. The van der Waals surface area contributed by atoms with Gasteiger partial charge in [-0.15, -0.1) is 0 Å². The third-order valence-corrected chi connectivity index (χ3v) is 2.66. The summed E-state index contributed by atoms with van der Waals surface area (Å²) >= 11 is 0. The van der Waals surface area contributed by atoms with Gasteiger partial charge in [-0.2, -0.15) is 0 Å². The van der Waals surface area contributed by atoms with Crippen LogP contribution < -0.4 is 0 Å². The molecule has 1 radical (unpaired) electrons. The van der Waals surface area contributed by atoms with Crippen molar-refractivity contribution in [2.24, 2.45) is 4.99 Å². The maximum Gasteiger partial charge on any atom is 0.270 e. The molecule has 0 bridgehead atoms. The maximum atomic E-state index is 11.6. The normalized spacial score (nSPS) is 10.8. The van der Waals surface area contributed by atoms with Gasteiger partial charge < -0.3 is 0 Å². The van der Waals surface area contributed by atoms with Crippen molar-refractivity contribution in [1.29, 1.82) is 0 Å². The summed E-state index contributed by atoms with van der Waals surface area (Å²) in [6, 6.07) is 11.0. The Hall–Kier alpha value is -2.69. The smallest absolute Gasteiger partial charge is 0.270 e. The summed E-state index contributed by atoms with van der Waals surface area (Å²) in [7, 11) is 0. The molecule has 0 unspecified atom stereocenters. The van der Waals surface area contributed by atoms with Crippen molar-refractivity contribution in [3.63, 3.8) is 0 Å². The van der Waals surface area contributed by atoms with Gasteiger partial charge in [0.25, 0.3) is 5.69 Å². The van der Waals surface area contributed by atoms with Crippen molar-refractivity contribution in [1.82, 2.24) is 0 Å². The van der Waals surface area contributed by atoms with Gasteiger partial charge in [0.2, 0.25) is 0 Å². The Labute approximate surface area is 110 Å². The number of nitrogens with zero attached hydrogens (tertiary/aromatic N) is 2. The number of para-hydroxylation sites is 1. The zero-order chi connectivity index (χ0) is 13.8. The molecule has 2 rings (SSSR count). The first-order chi connectivity index (χ1) is 9.08. The van der Waals surface area contributed by atoms with Gasteiger partial charge in [-0.05, 0) is 24.6 Å². The lowest BCUT2D eigenvalue weighted by Gasteiger charge is -1.99. The second-order valence-corrected chi connectivity index (χ2v) is 4.02. The van der Waals surface area contributed by atoms with Gasteiger partial charge in [0.05, 0.1) is 10.6 Å². The number of hydrogen-bond acceptors (Lipinski definition) is 3. The minimum atomic E-state index is -0.537. The third-order valence-electron chi connectivity index (χ3n) is 2.66. The molecule has 5 heteroatoms. The summed E-state index contributed by atoms with van der Waals surface area (Å²) < 4.78 is 0. The zero-order valence-corrected chi connectivity index (χ0v) is 10.2. The fourth-order valence-corrected chi connectivity index (χ4v) is 1.60. The molecule has 2 aromatic rings. The SMILES string of the molecule is Cc1ccccc1N=Cc1cc([N+](=O)[O-])ccc1[O]. The van der Waals surface area contributed by atoms with Crippen LogP contribution in [0.4, 0.5) is 11.4 Å². The van der Waals surface area contributed by atoms with E-state index in [9.17, 15) is 15.2 Å². The fourth-order valence-electron chi connectivity index (χ4n) is 1.60. The van der Waals surface area contributed by atoms with Crippen molar-refractivity contribution in [3.8, 4) is 5.75 Å². The lowest BCUT2D eigenvalue weighted by molar-refractivity contribution is -0.384. The largest absolute Gasteiger partial charge is 0.289 e. The lowest BCUT2D eigenvalue weighted by atomic mass is 10.2. The summed E-state index contributed by atoms with van der Waals surface area (Å²) in [4.78, 5) is 14.3. The molecule has 0 aliphatic rings. The van der Waals surface area contributed by atoms with E-state index in [-0.39, 0.29) is 17.0 Å². The summed E-state index contributed by atoms with van der Waals surface area (Å²) in [6.45, 7) is 1.90. The van der Waals surface area contributed by atoms with Crippen molar-refractivity contribution in [3.05, 3.63) is 63.7 Å². The molecule has 95 valence electrons. The fraction of sp³-hybridized carbons (Fsp3) is 0.0714. The number of non-ortho nitro benzene ring substituents is 1. The van der Waals surface area contributed by atoms with Crippen molar-refractivity contribution in [2.75, 3.05) is 0 Å². The van der Waals surface area contributed by atoms with E-state index in [0.29, 0.717) is 0 Å². The van der Waals surface area contributed by atoms with Crippen molar-refractivity contribution in [2.45, 2.75) is 6.92 Å². The topological polar surface area (TPSA) is 75.4 Å². The van der Waals surface area contributed by atoms with Gasteiger partial charge in [0, 0.05) is 23.9 Å². The summed E-state index contributed by atoms with van der Waals surface area (Å²) in [6.07, 6.45) is 1.36. The van der Waals surface area contributed by atoms with Crippen LogP contribution in [0.3, 0.4) is 0 Å². The van der Waals surface area contributed by atoms with Gasteiger partial charge in [0.1, 0.15) is 0 Å². The van der Waals surface area contributed by atoms with Gasteiger partial charge in [-0.1, -0.05) is 18.2 Å². The third kappa shape index (κ3) is 2.95. The summed E-state index contributed by atoms with van der Waals surface area (Å²) in [5.74, 6) is -0.289. The standard InChI is InChI=1S/C14H11N2O3/c1-10-4-2-3-5-13(10)15-9-11-8-12(16(18)19)6-7-14(11)17/h2-9H,1H3. The highest BCUT2D eigenvalue weighted by Gasteiger charge is 2.09. The van der Waals surface area contributed by atoms with Crippen LogP contribution in [0.2, 0.25) is 0 Å². The number of rotatable bonds is 3. The van der Waals surface area contributed by atoms with Gasteiger partial charge >= 0.3 is 0 Å². The molecule has 19 heavy (non-hydrogen) atoms. The van der Waals surface area contributed by atoms with Gasteiger partial charge in [-0.25, -0.2) is 0 Å². The van der Waals surface area contributed by atoms with E-state index < -0.39 is 4.92 Å². The number of nitro groups is 1. The highest BCUT2D eigenvalue weighted by Crippen LogP contribution is 2.23. The van der Waals surface area contributed by atoms with Crippen LogP contribution in [0.15, 0.2) is 47.5 Å². The van der Waals surface area contributed by atoms with Crippen LogP contribution in [0, 0.1) is 17.0 Å². The lowest BCUT2D eigenvalue weighted by Crippen LogP contribution is -1.90. The summed E-state index contributed by atoms with van der Waals surface area (Å²) in [5.41, 5.74) is 1.79. The molecule has 0 aliphatic heterocycles. The Bertz CT molecular complexity index is 651. The van der Waals surface area contributed by atoms with E-state index in [4.69, 9.17) is 0 Å². The molecule has 0 aromatic heterocycles. The minimum Gasteiger partial charge on any atom is -0.289 e. The Morgan fingerprint density at radius 3 is 2.63 bits per heavy atom. The highest BCUT2D eigenvalue weighted by molar-refractivity contribution is 5.86. The molecule has 0 N–H and O–H groups in total. The minimum absolute atomic E-state index is 0.120. The first kappa shape index (κ1) is 12.8. The molecule has 0 atom stereocenters. The molecule has 0 spiro atoms. The van der Waals surface area contributed by atoms with E-state index in [1.807, 2.05) is 31.2 Å². The van der Waals surface area contributed by atoms with E-state index in [1.165, 1.54) is 24.4 Å². The van der Waals surface area contributed by atoms with Crippen LogP contribution in [0.5, 0.6) is 5.75 Å². The molecule has 2 aromatic carbocycles. The highest BCUT2D eigenvalue weighted by atomic mass is 16.6. The van der Waals surface area contributed by atoms with E-state index in [2.05, 4.69) is 4.99 Å². The molecule has 0 saturated carbocycles. The predicted octanol–water partition coefficient (Wildman–Crippen LogP) is 3.80. The predicted molar refractivity (Wildman–Crippen MR) is 71.7 cm³/mol. The molecule has 0 fully saturated rings. The quantitative estimate of drug-likeness (QED) is 0.475. The molecule has 0 saturated heterocycles. The van der Waals surface area contributed by atoms with Crippen LogP contribution in [-0.4, -0.2) is 11.1 Å². The zero-order valence-electron chi connectivity index (χ0n) is 10.2. The van der Waals surface area contributed by atoms with Crippen LogP contribution >= 0.6 is 0 Å². The van der Waals surface area contributed by atoms with Crippen LogP contribution in [0.1, 0.15) is 11.1 Å². The molecular formula is C14H11N2O3. The Morgan fingerprint density at radius 1 is 1.21 bits per heavy atom. The maximum absolute atomic E-state index is 11.6. The Morgan fingerprint density at radius 2 is 1.95 bits per heavy atom. The monoisotopic (exact) mass is 255 g/mol. The van der Waals surface area contributed by atoms with Gasteiger partial charge in [0.15, 0.2) is 5.75 Å². The first-order valence-electron chi connectivity index (χ1n) is 5.63. The number of aryl methyl sites for hydroxylation is 1.